The van der Waals surface area contributed by atoms with Crippen molar-refractivity contribution in [3.63, 3.8) is 0 Å². The highest BCUT2D eigenvalue weighted by Crippen LogP contribution is 2.18. The smallest absolute Gasteiger partial charge is 0.254 e. The Balaban J connectivity index is 1.33. The van der Waals surface area contributed by atoms with Gasteiger partial charge in [0.05, 0.1) is 17.9 Å². The predicted octanol–water partition coefficient (Wildman–Crippen LogP) is 3.16. The first-order chi connectivity index (χ1) is 15.8. The van der Waals surface area contributed by atoms with Crippen molar-refractivity contribution in [3.05, 3.63) is 77.0 Å². The van der Waals surface area contributed by atoms with Gasteiger partial charge in [-0.15, -0.1) is 0 Å². The summed E-state index contributed by atoms with van der Waals surface area (Å²) < 4.78 is 28.6. The topological polar surface area (TPSA) is 70.5 Å². The molecule has 0 atom stereocenters. The van der Waals surface area contributed by atoms with Gasteiger partial charge in [-0.1, -0.05) is 6.07 Å². The summed E-state index contributed by atoms with van der Waals surface area (Å²) in [6.45, 7) is 5.60. The fraction of sp³-hybridized carbons (Fsp3) is 0.292. The van der Waals surface area contributed by atoms with E-state index < -0.39 is 5.82 Å². The van der Waals surface area contributed by atoms with Gasteiger partial charge in [0.1, 0.15) is 17.5 Å². The van der Waals surface area contributed by atoms with Crippen LogP contribution in [0.1, 0.15) is 21.6 Å². The molecule has 9 heteroatoms. The average molecular weight is 453 g/mol. The van der Waals surface area contributed by atoms with Crippen molar-refractivity contribution in [3.8, 4) is 5.69 Å². The van der Waals surface area contributed by atoms with Gasteiger partial charge in [-0.3, -0.25) is 14.5 Å². The molecule has 3 aromatic rings. The maximum absolute atomic E-state index is 13.8. The fourth-order valence-electron chi connectivity index (χ4n) is 3.77. The van der Waals surface area contributed by atoms with E-state index in [1.54, 1.807) is 46.8 Å². The number of hydrogen-bond acceptors (Lipinski definition) is 4. The Morgan fingerprint density at radius 3 is 2.33 bits per heavy atom. The molecule has 1 aromatic heterocycles. The maximum atomic E-state index is 13.8. The predicted molar refractivity (Wildman–Crippen MR) is 120 cm³/mol. The van der Waals surface area contributed by atoms with Gasteiger partial charge in [-0.05, 0) is 55.8 Å². The van der Waals surface area contributed by atoms with Crippen molar-refractivity contribution in [2.45, 2.75) is 13.8 Å². The molecule has 2 heterocycles. The van der Waals surface area contributed by atoms with Crippen LogP contribution in [0.2, 0.25) is 0 Å². The van der Waals surface area contributed by atoms with Crippen molar-refractivity contribution in [1.29, 1.82) is 0 Å². The van der Waals surface area contributed by atoms with E-state index in [1.165, 1.54) is 18.2 Å². The lowest BCUT2D eigenvalue weighted by Gasteiger charge is -2.34. The normalized spacial score (nSPS) is 14.4. The summed E-state index contributed by atoms with van der Waals surface area (Å²) in [4.78, 5) is 28.9. The third-order valence-electron chi connectivity index (χ3n) is 5.62. The van der Waals surface area contributed by atoms with Crippen LogP contribution in [-0.4, -0.2) is 64.1 Å². The lowest BCUT2D eigenvalue weighted by Crippen LogP contribution is -2.50. The van der Waals surface area contributed by atoms with Crippen LogP contribution in [0.3, 0.4) is 0 Å². The van der Waals surface area contributed by atoms with Crippen LogP contribution in [0.5, 0.6) is 0 Å². The molecule has 0 radical (unpaired) electrons. The third kappa shape index (κ3) is 5.25. The molecule has 0 saturated carbocycles. The summed E-state index contributed by atoms with van der Waals surface area (Å²) in [5.74, 6) is -0.667. The van der Waals surface area contributed by atoms with Crippen LogP contribution in [0, 0.1) is 25.5 Å². The summed E-state index contributed by atoms with van der Waals surface area (Å²) in [5, 5.41) is 7.24. The molecular weight excluding hydrogens is 428 g/mol. The Morgan fingerprint density at radius 1 is 0.970 bits per heavy atom. The number of piperazine rings is 1. The Morgan fingerprint density at radius 2 is 1.67 bits per heavy atom. The fourth-order valence-corrected chi connectivity index (χ4v) is 3.77. The summed E-state index contributed by atoms with van der Waals surface area (Å²) in [7, 11) is 0. The minimum absolute atomic E-state index is 0.162. The van der Waals surface area contributed by atoms with E-state index in [-0.39, 0.29) is 24.2 Å². The van der Waals surface area contributed by atoms with Crippen molar-refractivity contribution < 1.29 is 18.4 Å². The quantitative estimate of drug-likeness (QED) is 0.644. The number of hydrogen-bond donors (Lipinski definition) is 1. The highest BCUT2D eigenvalue weighted by molar-refractivity contribution is 5.94. The Bertz CT molecular complexity index is 1170. The van der Waals surface area contributed by atoms with Crippen LogP contribution >= 0.6 is 0 Å². The van der Waals surface area contributed by atoms with Crippen molar-refractivity contribution >= 4 is 17.6 Å². The summed E-state index contributed by atoms with van der Waals surface area (Å²) in [6.07, 6.45) is 0. The summed E-state index contributed by atoms with van der Waals surface area (Å²) in [6, 6.07) is 12.1. The highest BCUT2D eigenvalue weighted by Gasteiger charge is 2.24. The molecule has 1 saturated heterocycles. The number of carbonyl (C=O) groups is 2. The molecule has 1 N–H and O–H groups in total. The lowest BCUT2D eigenvalue weighted by atomic mass is 10.1. The number of aryl methyl sites for hydroxylation is 2. The highest BCUT2D eigenvalue weighted by atomic mass is 19.1. The van der Waals surface area contributed by atoms with Gasteiger partial charge < -0.3 is 10.2 Å². The van der Waals surface area contributed by atoms with E-state index in [4.69, 9.17) is 0 Å². The lowest BCUT2D eigenvalue weighted by molar-refractivity contribution is -0.117. The van der Waals surface area contributed by atoms with E-state index in [0.717, 1.165) is 0 Å². The van der Waals surface area contributed by atoms with E-state index in [1.807, 2.05) is 11.8 Å². The van der Waals surface area contributed by atoms with Gasteiger partial charge in [0.2, 0.25) is 5.91 Å². The monoisotopic (exact) mass is 453 g/mol. The van der Waals surface area contributed by atoms with E-state index >= 15 is 0 Å². The largest absolute Gasteiger partial charge is 0.336 e. The zero-order chi connectivity index (χ0) is 23.5. The molecule has 2 amide bonds. The number of aromatic nitrogens is 2. The molecule has 7 nitrogen and oxygen atoms in total. The minimum atomic E-state index is -0.397. The van der Waals surface area contributed by atoms with Crippen LogP contribution in [-0.2, 0) is 4.79 Å². The second-order valence-corrected chi connectivity index (χ2v) is 8.14. The average Bonchev–Trinajstić information content (AvgIpc) is 3.16. The molecule has 0 unspecified atom stereocenters. The standard InChI is InChI=1S/C24H25F2N5O2/c1-16-3-4-18(14-21(16)26)24(33)30-11-9-29(10-12-30)15-23(32)27-22-13-17(2)28-31(22)20-7-5-19(25)6-8-20/h3-8,13-14H,9-12,15H2,1-2H3,(H,27,32). The van der Waals surface area contributed by atoms with Gasteiger partial charge in [0, 0.05) is 37.8 Å². The molecular formula is C24H25F2N5O2. The van der Waals surface area contributed by atoms with Crippen LogP contribution in [0.4, 0.5) is 14.6 Å². The second-order valence-electron chi connectivity index (χ2n) is 8.14. The van der Waals surface area contributed by atoms with E-state index in [0.29, 0.717) is 54.5 Å². The second kappa shape index (κ2) is 9.50. The molecule has 4 rings (SSSR count). The number of benzene rings is 2. The van der Waals surface area contributed by atoms with Gasteiger partial charge >= 0.3 is 0 Å². The van der Waals surface area contributed by atoms with Gasteiger partial charge in [-0.25, -0.2) is 13.5 Å². The van der Waals surface area contributed by atoms with Crippen LogP contribution in [0.15, 0.2) is 48.5 Å². The number of anilines is 1. The minimum Gasteiger partial charge on any atom is -0.336 e. The van der Waals surface area contributed by atoms with Gasteiger partial charge in [-0.2, -0.15) is 5.10 Å². The zero-order valence-electron chi connectivity index (χ0n) is 18.5. The maximum Gasteiger partial charge on any atom is 0.254 e. The molecule has 172 valence electrons. The molecule has 0 spiro atoms. The van der Waals surface area contributed by atoms with E-state index in [2.05, 4.69) is 10.4 Å². The first-order valence-electron chi connectivity index (χ1n) is 10.7. The number of carbonyl (C=O) groups excluding carboxylic acids is 2. The number of halogens is 2. The molecule has 1 aliphatic heterocycles. The molecule has 2 aromatic carbocycles. The Labute approximate surface area is 190 Å². The third-order valence-corrected chi connectivity index (χ3v) is 5.62. The van der Waals surface area contributed by atoms with Gasteiger partial charge in [0.25, 0.3) is 5.91 Å². The molecule has 1 fully saturated rings. The van der Waals surface area contributed by atoms with Crippen molar-refractivity contribution in [2.24, 2.45) is 0 Å². The first-order valence-corrected chi connectivity index (χ1v) is 10.7. The van der Waals surface area contributed by atoms with Crippen molar-refractivity contribution in [1.82, 2.24) is 19.6 Å². The molecule has 0 aliphatic carbocycles. The number of nitrogens with one attached hydrogen (secondary N) is 1. The van der Waals surface area contributed by atoms with Crippen molar-refractivity contribution in [2.75, 3.05) is 38.0 Å². The number of amides is 2. The van der Waals surface area contributed by atoms with Crippen LogP contribution in [0.25, 0.3) is 5.69 Å². The van der Waals surface area contributed by atoms with Gasteiger partial charge in [0.15, 0.2) is 0 Å². The summed E-state index contributed by atoms with van der Waals surface area (Å²) in [5.41, 5.74) is 2.18. The Kier molecular flexibility index (Phi) is 6.50. The Hall–Kier alpha value is -3.59. The molecule has 33 heavy (non-hydrogen) atoms. The van der Waals surface area contributed by atoms with Crippen LogP contribution < -0.4 is 5.32 Å². The number of rotatable bonds is 5. The first kappa shape index (κ1) is 22.6. The van der Waals surface area contributed by atoms with E-state index in [9.17, 15) is 18.4 Å². The number of nitrogens with zero attached hydrogens (tertiary/aromatic N) is 4. The summed E-state index contributed by atoms with van der Waals surface area (Å²) >= 11 is 0. The molecule has 1 aliphatic rings. The molecule has 0 bridgehead atoms. The zero-order valence-corrected chi connectivity index (χ0v) is 18.5. The SMILES string of the molecule is Cc1cc(NC(=O)CN2CCN(C(=O)c3ccc(C)c(F)c3)CC2)n(-c2ccc(F)cc2)n1.